The molecule has 0 atom stereocenters. The number of hydrogen-bond acceptors (Lipinski definition) is 2. The first-order valence-electron chi connectivity index (χ1n) is 3.91. The summed E-state index contributed by atoms with van der Waals surface area (Å²) >= 11 is 0. The molecule has 1 aromatic rings. The van der Waals surface area contributed by atoms with Gasteiger partial charge in [-0.25, -0.2) is 4.39 Å². The average molecular weight is 168 g/mol. The van der Waals surface area contributed by atoms with Gasteiger partial charge in [-0.15, -0.1) is 0 Å². The zero-order valence-electron chi connectivity index (χ0n) is 7.26. The summed E-state index contributed by atoms with van der Waals surface area (Å²) in [6, 6.07) is 4.85. The van der Waals surface area contributed by atoms with Crippen molar-refractivity contribution in [3.05, 3.63) is 24.0 Å². The highest BCUT2D eigenvalue weighted by Crippen LogP contribution is 2.17. The fourth-order valence-corrected chi connectivity index (χ4v) is 0.959. The van der Waals surface area contributed by atoms with E-state index in [1.165, 1.54) is 6.07 Å². The van der Waals surface area contributed by atoms with Gasteiger partial charge < -0.3 is 11.1 Å². The molecule has 0 unspecified atom stereocenters. The van der Waals surface area contributed by atoms with E-state index in [0.717, 1.165) is 0 Å². The van der Waals surface area contributed by atoms with Crippen LogP contribution >= 0.6 is 0 Å². The minimum absolute atomic E-state index is 0.225. The standard InChI is InChI=1S/C9H13FN2/c1-6(2)12-9-4-3-7(11)5-8(9)10/h3-6,12H,11H2,1-2H3. The summed E-state index contributed by atoms with van der Waals surface area (Å²) in [6.45, 7) is 3.91. The van der Waals surface area contributed by atoms with Gasteiger partial charge in [-0.05, 0) is 32.0 Å². The molecule has 0 spiro atoms. The molecule has 1 rings (SSSR count). The average Bonchev–Trinajstić information content (AvgIpc) is 1.94. The lowest BCUT2D eigenvalue weighted by Crippen LogP contribution is -2.10. The highest BCUT2D eigenvalue weighted by atomic mass is 19.1. The number of benzene rings is 1. The van der Waals surface area contributed by atoms with Crippen molar-refractivity contribution in [2.75, 3.05) is 11.1 Å². The quantitative estimate of drug-likeness (QED) is 0.664. The fourth-order valence-electron chi connectivity index (χ4n) is 0.959. The van der Waals surface area contributed by atoms with Crippen LogP contribution < -0.4 is 11.1 Å². The van der Waals surface area contributed by atoms with Crippen molar-refractivity contribution < 1.29 is 4.39 Å². The van der Waals surface area contributed by atoms with Gasteiger partial charge in [0.25, 0.3) is 0 Å². The molecule has 12 heavy (non-hydrogen) atoms. The van der Waals surface area contributed by atoms with E-state index in [1.54, 1.807) is 12.1 Å². The van der Waals surface area contributed by atoms with Crippen LogP contribution in [0.15, 0.2) is 18.2 Å². The molecule has 3 N–H and O–H groups in total. The largest absolute Gasteiger partial charge is 0.399 e. The summed E-state index contributed by atoms with van der Waals surface area (Å²) in [4.78, 5) is 0. The van der Waals surface area contributed by atoms with E-state index in [9.17, 15) is 4.39 Å². The summed E-state index contributed by atoms with van der Waals surface area (Å²) in [7, 11) is 0. The lowest BCUT2D eigenvalue weighted by molar-refractivity contribution is 0.628. The Kier molecular flexibility index (Phi) is 2.53. The Bertz CT molecular complexity index is 271. The molecule has 0 aromatic heterocycles. The maximum absolute atomic E-state index is 13.1. The Hall–Kier alpha value is -1.25. The molecule has 0 aliphatic carbocycles. The maximum atomic E-state index is 13.1. The molecule has 66 valence electrons. The Balaban J connectivity index is 2.86. The third-order valence-electron chi connectivity index (χ3n) is 1.44. The number of nitrogens with one attached hydrogen (secondary N) is 1. The number of hydrogen-bond donors (Lipinski definition) is 2. The van der Waals surface area contributed by atoms with Crippen molar-refractivity contribution in [2.45, 2.75) is 19.9 Å². The van der Waals surface area contributed by atoms with Crippen LogP contribution in [0.1, 0.15) is 13.8 Å². The Morgan fingerprint density at radius 2 is 2.08 bits per heavy atom. The zero-order chi connectivity index (χ0) is 9.14. The number of halogens is 1. The van der Waals surface area contributed by atoms with Gasteiger partial charge in [-0.2, -0.15) is 0 Å². The van der Waals surface area contributed by atoms with Gasteiger partial charge in [0, 0.05) is 11.7 Å². The van der Waals surface area contributed by atoms with Crippen molar-refractivity contribution in [3.63, 3.8) is 0 Å². The first-order valence-corrected chi connectivity index (χ1v) is 3.91. The number of anilines is 2. The predicted molar refractivity (Wildman–Crippen MR) is 49.6 cm³/mol. The molecular weight excluding hydrogens is 155 g/mol. The smallest absolute Gasteiger partial charge is 0.148 e. The van der Waals surface area contributed by atoms with E-state index < -0.39 is 0 Å². The van der Waals surface area contributed by atoms with Crippen LogP contribution in [0.5, 0.6) is 0 Å². The normalized spacial score (nSPS) is 10.3. The molecule has 0 bridgehead atoms. The van der Waals surface area contributed by atoms with E-state index in [2.05, 4.69) is 5.32 Å². The third-order valence-corrected chi connectivity index (χ3v) is 1.44. The van der Waals surface area contributed by atoms with E-state index in [0.29, 0.717) is 11.4 Å². The maximum Gasteiger partial charge on any atom is 0.148 e. The van der Waals surface area contributed by atoms with Gasteiger partial charge in [0.05, 0.1) is 5.69 Å². The Morgan fingerprint density at radius 1 is 1.42 bits per heavy atom. The molecule has 0 saturated heterocycles. The SMILES string of the molecule is CC(C)Nc1ccc(N)cc1F. The zero-order valence-corrected chi connectivity index (χ0v) is 7.26. The van der Waals surface area contributed by atoms with Crippen molar-refractivity contribution in [2.24, 2.45) is 0 Å². The molecule has 0 saturated carbocycles. The summed E-state index contributed by atoms with van der Waals surface area (Å²) in [5.41, 5.74) is 6.34. The monoisotopic (exact) mass is 168 g/mol. The summed E-state index contributed by atoms with van der Waals surface area (Å²) in [5.74, 6) is -0.302. The van der Waals surface area contributed by atoms with Crippen LogP contribution in [0.25, 0.3) is 0 Å². The van der Waals surface area contributed by atoms with Gasteiger partial charge in [-0.3, -0.25) is 0 Å². The Morgan fingerprint density at radius 3 is 2.58 bits per heavy atom. The number of nitrogen functional groups attached to an aromatic ring is 1. The van der Waals surface area contributed by atoms with Crippen molar-refractivity contribution in [1.82, 2.24) is 0 Å². The number of rotatable bonds is 2. The summed E-state index contributed by atoms with van der Waals surface area (Å²) in [6.07, 6.45) is 0. The van der Waals surface area contributed by atoms with Crippen molar-refractivity contribution in [1.29, 1.82) is 0 Å². The van der Waals surface area contributed by atoms with Crippen LogP contribution in [0.2, 0.25) is 0 Å². The molecule has 0 aliphatic rings. The molecule has 0 heterocycles. The molecule has 0 radical (unpaired) electrons. The minimum Gasteiger partial charge on any atom is -0.399 e. The van der Waals surface area contributed by atoms with Crippen molar-refractivity contribution >= 4 is 11.4 Å². The lowest BCUT2D eigenvalue weighted by Gasteiger charge is -2.10. The Labute approximate surface area is 71.6 Å². The van der Waals surface area contributed by atoms with Crippen LogP contribution in [0.3, 0.4) is 0 Å². The van der Waals surface area contributed by atoms with E-state index in [1.807, 2.05) is 13.8 Å². The van der Waals surface area contributed by atoms with Gasteiger partial charge in [-0.1, -0.05) is 0 Å². The van der Waals surface area contributed by atoms with Crippen molar-refractivity contribution in [3.8, 4) is 0 Å². The predicted octanol–water partition coefficient (Wildman–Crippen LogP) is 2.23. The van der Waals surface area contributed by atoms with Gasteiger partial charge >= 0.3 is 0 Å². The summed E-state index contributed by atoms with van der Waals surface area (Å²) in [5, 5.41) is 2.97. The second kappa shape index (κ2) is 3.43. The van der Waals surface area contributed by atoms with Gasteiger partial charge in [0.15, 0.2) is 0 Å². The molecule has 0 aliphatic heterocycles. The van der Waals surface area contributed by atoms with E-state index >= 15 is 0 Å². The second-order valence-corrected chi connectivity index (χ2v) is 3.04. The van der Waals surface area contributed by atoms with Crippen LogP contribution in [-0.4, -0.2) is 6.04 Å². The van der Waals surface area contributed by atoms with Gasteiger partial charge in [0.2, 0.25) is 0 Å². The van der Waals surface area contributed by atoms with Crippen LogP contribution in [0.4, 0.5) is 15.8 Å². The molecular formula is C9H13FN2. The molecule has 0 amide bonds. The minimum atomic E-state index is -0.302. The molecule has 3 heteroatoms. The third kappa shape index (κ3) is 2.12. The fraction of sp³-hybridized carbons (Fsp3) is 0.333. The second-order valence-electron chi connectivity index (χ2n) is 3.04. The van der Waals surface area contributed by atoms with Gasteiger partial charge in [0.1, 0.15) is 5.82 Å². The number of nitrogens with two attached hydrogens (primary N) is 1. The van der Waals surface area contributed by atoms with E-state index in [4.69, 9.17) is 5.73 Å². The first kappa shape index (κ1) is 8.84. The first-order chi connectivity index (χ1) is 5.59. The lowest BCUT2D eigenvalue weighted by atomic mass is 10.2. The van der Waals surface area contributed by atoms with Crippen LogP contribution in [0, 0.1) is 5.82 Å². The van der Waals surface area contributed by atoms with E-state index in [-0.39, 0.29) is 11.9 Å². The topological polar surface area (TPSA) is 38.0 Å². The molecule has 2 nitrogen and oxygen atoms in total. The molecule has 1 aromatic carbocycles. The highest BCUT2D eigenvalue weighted by molar-refractivity contribution is 5.52. The highest BCUT2D eigenvalue weighted by Gasteiger charge is 2.02. The summed E-state index contributed by atoms with van der Waals surface area (Å²) < 4.78 is 13.1. The molecule has 0 fully saturated rings. The van der Waals surface area contributed by atoms with Crippen LogP contribution in [-0.2, 0) is 0 Å².